The van der Waals surface area contributed by atoms with E-state index in [0.717, 1.165) is 32.1 Å². The zero-order valence-corrected chi connectivity index (χ0v) is 14.1. The minimum Gasteiger partial charge on any atom is -0.463 e. The average Bonchev–Trinajstić information content (AvgIpc) is 2.52. The molecular weight excluding hydrogens is 300 g/mol. The summed E-state index contributed by atoms with van der Waals surface area (Å²) in [4.78, 5) is 10.9. The lowest BCUT2D eigenvalue weighted by molar-refractivity contribution is -0.283. The van der Waals surface area contributed by atoms with Crippen LogP contribution in [0.5, 0.6) is 0 Å². The minimum absolute atomic E-state index is 0.0955. The summed E-state index contributed by atoms with van der Waals surface area (Å²) < 4.78 is 16.2. The summed E-state index contributed by atoms with van der Waals surface area (Å²) in [6.07, 6.45) is 3.75. The van der Waals surface area contributed by atoms with E-state index in [9.17, 15) is 15.0 Å². The van der Waals surface area contributed by atoms with Crippen LogP contribution in [0.3, 0.4) is 0 Å². The van der Waals surface area contributed by atoms with Crippen molar-refractivity contribution in [2.45, 2.75) is 70.6 Å². The molecule has 1 saturated heterocycles. The Balaban J connectivity index is 2.34. The molecule has 1 aliphatic rings. The van der Waals surface area contributed by atoms with E-state index >= 15 is 0 Å². The maximum atomic E-state index is 10.9. The monoisotopic (exact) mass is 330 g/mol. The average molecular weight is 330 g/mol. The van der Waals surface area contributed by atoms with Crippen molar-refractivity contribution in [2.24, 2.45) is 5.92 Å². The van der Waals surface area contributed by atoms with E-state index in [0.29, 0.717) is 6.61 Å². The second-order valence-corrected chi connectivity index (χ2v) is 6.05. The maximum absolute atomic E-state index is 10.9. The topological polar surface area (TPSA) is 85.2 Å². The lowest BCUT2D eigenvalue weighted by Crippen LogP contribution is -2.55. The van der Waals surface area contributed by atoms with Gasteiger partial charge in [-0.1, -0.05) is 25.8 Å². The fourth-order valence-corrected chi connectivity index (χ4v) is 2.54. The van der Waals surface area contributed by atoms with Gasteiger partial charge in [0.2, 0.25) is 0 Å². The molecule has 0 bridgehead atoms. The van der Waals surface area contributed by atoms with E-state index in [1.165, 1.54) is 6.92 Å². The zero-order valence-electron chi connectivity index (χ0n) is 14.1. The molecule has 6 nitrogen and oxygen atoms in total. The highest BCUT2D eigenvalue weighted by molar-refractivity contribution is 5.65. The molecule has 2 N–H and O–H groups in total. The van der Waals surface area contributed by atoms with Crippen LogP contribution in [0.4, 0.5) is 0 Å². The summed E-state index contributed by atoms with van der Waals surface area (Å²) in [6, 6.07) is 0. The van der Waals surface area contributed by atoms with Gasteiger partial charge in [-0.25, -0.2) is 0 Å². The van der Waals surface area contributed by atoms with Crippen LogP contribution < -0.4 is 0 Å². The number of hydrogen-bond donors (Lipinski definition) is 2. The van der Waals surface area contributed by atoms with E-state index < -0.39 is 30.6 Å². The van der Waals surface area contributed by atoms with Gasteiger partial charge in [0.1, 0.15) is 18.8 Å². The molecule has 0 spiro atoms. The normalized spacial score (nSPS) is 30.9. The van der Waals surface area contributed by atoms with Crippen molar-refractivity contribution >= 4 is 5.97 Å². The van der Waals surface area contributed by atoms with Gasteiger partial charge >= 0.3 is 5.97 Å². The molecule has 23 heavy (non-hydrogen) atoms. The highest BCUT2D eigenvalue weighted by Crippen LogP contribution is 2.27. The number of allylic oxidation sites excluding steroid dienone is 1. The Kier molecular flexibility index (Phi) is 9.40. The molecule has 0 radical (unpaired) electrons. The Morgan fingerprint density at radius 1 is 1.22 bits per heavy atom. The molecule has 134 valence electrons. The Hall–Kier alpha value is -0.950. The fourth-order valence-electron chi connectivity index (χ4n) is 2.54. The number of aliphatic hydroxyl groups is 2. The third-order valence-corrected chi connectivity index (χ3v) is 4.04. The molecule has 6 heteroatoms. The van der Waals surface area contributed by atoms with E-state index in [2.05, 4.69) is 6.58 Å². The number of esters is 1. The summed E-state index contributed by atoms with van der Waals surface area (Å²) in [5.41, 5.74) is 0. The number of ether oxygens (including phenoxy) is 3. The van der Waals surface area contributed by atoms with Gasteiger partial charge < -0.3 is 24.4 Å². The molecule has 0 aliphatic carbocycles. The third-order valence-electron chi connectivity index (χ3n) is 4.04. The van der Waals surface area contributed by atoms with Crippen molar-refractivity contribution in [3.05, 3.63) is 12.7 Å². The second-order valence-electron chi connectivity index (χ2n) is 6.05. The number of unbranched alkanes of at least 4 members (excludes halogenated alkanes) is 4. The Labute approximate surface area is 138 Å². The maximum Gasteiger partial charge on any atom is 0.302 e. The quantitative estimate of drug-likeness (QED) is 0.361. The Bertz CT molecular complexity index is 359. The summed E-state index contributed by atoms with van der Waals surface area (Å²) in [5.74, 6) is -0.801. The fraction of sp³-hybridized carbons (Fsp3) is 0.824. The molecule has 1 fully saturated rings. The number of rotatable bonds is 10. The third kappa shape index (κ3) is 6.99. The Morgan fingerprint density at radius 2 is 1.91 bits per heavy atom. The van der Waals surface area contributed by atoms with Gasteiger partial charge in [0.05, 0.1) is 6.10 Å². The molecule has 0 aromatic carbocycles. The molecule has 0 saturated carbocycles. The highest BCUT2D eigenvalue weighted by Gasteiger charge is 2.43. The van der Waals surface area contributed by atoms with Crippen LogP contribution >= 0.6 is 0 Å². The SMILES string of the molecule is C=CCCCCCCO[C@@H]1OC(COC(C)=O)[C@@H](O)C(O)[C@@H]1C. The summed E-state index contributed by atoms with van der Waals surface area (Å²) in [5, 5.41) is 20.1. The van der Waals surface area contributed by atoms with Crippen molar-refractivity contribution in [1.82, 2.24) is 0 Å². The molecule has 1 heterocycles. The van der Waals surface area contributed by atoms with Crippen LogP contribution in [0.2, 0.25) is 0 Å². The molecule has 1 aliphatic heterocycles. The van der Waals surface area contributed by atoms with Crippen LogP contribution in [0.25, 0.3) is 0 Å². The minimum atomic E-state index is -1.09. The number of carbonyl (C=O) groups is 1. The van der Waals surface area contributed by atoms with Crippen LogP contribution in [0, 0.1) is 5.92 Å². The summed E-state index contributed by atoms with van der Waals surface area (Å²) in [6.45, 7) is 7.19. The van der Waals surface area contributed by atoms with Gasteiger partial charge in [-0.15, -0.1) is 6.58 Å². The van der Waals surface area contributed by atoms with Crippen molar-refractivity contribution in [1.29, 1.82) is 0 Å². The predicted octanol–water partition coefficient (Wildman–Crippen LogP) is 1.79. The van der Waals surface area contributed by atoms with Crippen LogP contribution in [0.15, 0.2) is 12.7 Å². The van der Waals surface area contributed by atoms with Gasteiger partial charge in [0.15, 0.2) is 6.29 Å². The number of carbonyl (C=O) groups excluding carboxylic acids is 1. The number of aliphatic hydroxyl groups excluding tert-OH is 2. The van der Waals surface area contributed by atoms with Gasteiger partial charge in [-0.2, -0.15) is 0 Å². The zero-order chi connectivity index (χ0) is 17.2. The van der Waals surface area contributed by atoms with Crippen LogP contribution in [-0.2, 0) is 19.0 Å². The van der Waals surface area contributed by atoms with E-state index in [1.54, 1.807) is 6.92 Å². The Morgan fingerprint density at radius 3 is 2.57 bits per heavy atom. The molecule has 2 unspecified atom stereocenters. The second kappa shape index (κ2) is 10.8. The van der Waals surface area contributed by atoms with E-state index in [4.69, 9.17) is 14.2 Å². The summed E-state index contributed by atoms with van der Waals surface area (Å²) >= 11 is 0. The molecular formula is C17H30O6. The molecule has 0 amide bonds. The van der Waals surface area contributed by atoms with Crippen molar-refractivity contribution < 1.29 is 29.2 Å². The first-order valence-electron chi connectivity index (χ1n) is 8.34. The predicted molar refractivity (Wildman–Crippen MR) is 85.7 cm³/mol. The van der Waals surface area contributed by atoms with Crippen LogP contribution in [0.1, 0.15) is 46.0 Å². The van der Waals surface area contributed by atoms with Gasteiger partial charge in [-0.3, -0.25) is 4.79 Å². The molecule has 5 atom stereocenters. The first-order chi connectivity index (χ1) is 11.0. The largest absolute Gasteiger partial charge is 0.463 e. The van der Waals surface area contributed by atoms with Gasteiger partial charge in [-0.05, 0) is 19.3 Å². The van der Waals surface area contributed by atoms with Crippen molar-refractivity contribution in [3.8, 4) is 0 Å². The standard InChI is InChI=1S/C17H30O6/c1-4-5-6-7-8-9-10-21-17-12(2)15(19)16(20)14(23-17)11-22-13(3)18/h4,12,14-17,19-20H,1,5-11H2,2-3H3/t12-,14?,15?,16+,17+/m0/s1. The van der Waals surface area contributed by atoms with Crippen LogP contribution in [-0.4, -0.2) is 54.0 Å². The van der Waals surface area contributed by atoms with E-state index in [1.807, 2.05) is 6.08 Å². The van der Waals surface area contributed by atoms with Gasteiger partial charge in [0, 0.05) is 19.4 Å². The molecule has 0 aromatic heterocycles. The summed E-state index contributed by atoms with van der Waals surface area (Å²) in [7, 11) is 0. The lowest BCUT2D eigenvalue weighted by atomic mass is 9.92. The first kappa shape index (κ1) is 20.1. The number of hydrogen-bond acceptors (Lipinski definition) is 6. The van der Waals surface area contributed by atoms with Crippen molar-refractivity contribution in [3.63, 3.8) is 0 Å². The van der Waals surface area contributed by atoms with E-state index in [-0.39, 0.29) is 12.5 Å². The lowest BCUT2D eigenvalue weighted by Gasteiger charge is -2.41. The first-order valence-corrected chi connectivity index (χ1v) is 8.34. The smallest absolute Gasteiger partial charge is 0.302 e. The highest BCUT2D eigenvalue weighted by atomic mass is 16.7. The molecule has 0 aromatic rings. The van der Waals surface area contributed by atoms with Gasteiger partial charge in [0.25, 0.3) is 0 Å². The molecule has 1 rings (SSSR count). The van der Waals surface area contributed by atoms with Crippen molar-refractivity contribution in [2.75, 3.05) is 13.2 Å².